The first-order valence-electron chi connectivity index (χ1n) is 6.71. The van der Waals surface area contributed by atoms with Crippen LogP contribution in [0.2, 0.25) is 0 Å². The Bertz CT molecular complexity index is 532. The Morgan fingerprint density at radius 3 is 1.94 bits per heavy atom. The molecule has 0 aliphatic heterocycles. The molecule has 1 N–H and O–H groups in total. The average Bonchev–Trinajstić information content (AvgIpc) is 2.28. The van der Waals surface area contributed by atoms with Crippen molar-refractivity contribution < 1.29 is 5.11 Å². The Hall–Kier alpha value is -1.50. The van der Waals surface area contributed by atoms with Crippen LogP contribution >= 0.6 is 0 Å². The Kier molecular flexibility index (Phi) is 3.60. The van der Waals surface area contributed by atoms with Crippen LogP contribution in [0.1, 0.15) is 39.2 Å². The van der Waals surface area contributed by atoms with Crippen molar-refractivity contribution in [3.8, 4) is 5.75 Å². The van der Waals surface area contributed by atoms with Gasteiger partial charge in [-0.25, -0.2) is 0 Å². The van der Waals surface area contributed by atoms with Crippen LogP contribution in [0.15, 0.2) is 36.4 Å². The van der Waals surface area contributed by atoms with Gasteiger partial charge in [0.15, 0.2) is 0 Å². The number of aromatic hydroxyl groups is 1. The van der Waals surface area contributed by atoms with E-state index >= 15 is 0 Å². The molecule has 2 aromatic rings. The standard InChI is InChI=1S/C17H22O/c1-11(2)17(12(3)4)15-6-5-14-10-16(18)8-7-13(14)9-15/h5-12,17-18H,1-4H3. The van der Waals surface area contributed by atoms with E-state index in [2.05, 4.69) is 45.9 Å². The second-order valence-corrected chi connectivity index (χ2v) is 5.80. The smallest absolute Gasteiger partial charge is 0.116 e. The Morgan fingerprint density at radius 2 is 1.33 bits per heavy atom. The van der Waals surface area contributed by atoms with Crippen LogP contribution < -0.4 is 0 Å². The lowest BCUT2D eigenvalue weighted by atomic mass is 9.79. The van der Waals surface area contributed by atoms with E-state index in [1.54, 1.807) is 6.07 Å². The molecule has 0 unspecified atom stereocenters. The van der Waals surface area contributed by atoms with Crippen molar-refractivity contribution in [3.05, 3.63) is 42.0 Å². The van der Waals surface area contributed by atoms with Gasteiger partial charge in [-0.2, -0.15) is 0 Å². The summed E-state index contributed by atoms with van der Waals surface area (Å²) in [5.41, 5.74) is 1.40. The number of rotatable bonds is 3. The number of hydrogen-bond donors (Lipinski definition) is 1. The second kappa shape index (κ2) is 5.01. The molecule has 1 heteroatoms. The van der Waals surface area contributed by atoms with Gasteiger partial charge in [-0.1, -0.05) is 52.0 Å². The summed E-state index contributed by atoms with van der Waals surface area (Å²) in [6.07, 6.45) is 0. The summed E-state index contributed by atoms with van der Waals surface area (Å²) < 4.78 is 0. The first kappa shape index (κ1) is 12.9. The third-order valence-electron chi connectivity index (χ3n) is 3.67. The average molecular weight is 242 g/mol. The molecule has 0 amide bonds. The van der Waals surface area contributed by atoms with E-state index in [4.69, 9.17) is 0 Å². The molecule has 0 spiro atoms. The van der Waals surface area contributed by atoms with E-state index in [0.717, 1.165) is 5.39 Å². The zero-order chi connectivity index (χ0) is 13.3. The third kappa shape index (κ3) is 2.50. The van der Waals surface area contributed by atoms with Crippen molar-refractivity contribution in [1.82, 2.24) is 0 Å². The molecule has 18 heavy (non-hydrogen) atoms. The van der Waals surface area contributed by atoms with Crippen LogP contribution in [-0.4, -0.2) is 5.11 Å². The highest BCUT2D eigenvalue weighted by molar-refractivity contribution is 5.84. The molecule has 0 aromatic heterocycles. The number of phenols is 1. The predicted molar refractivity (Wildman–Crippen MR) is 78.0 cm³/mol. The molecule has 0 atom stereocenters. The van der Waals surface area contributed by atoms with Crippen molar-refractivity contribution in [2.45, 2.75) is 33.6 Å². The molecule has 0 radical (unpaired) electrons. The third-order valence-corrected chi connectivity index (χ3v) is 3.67. The highest BCUT2D eigenvalue weighted by Gasteiger charge is 2.19. The molecule has 0 fully saturated rings. The fourth-order valence-electron chi connectivity index (χ4n) is 3.00. The highest BCUT2D eigenvalue weighted by Crippen LogP contribution is 2.33. The van der Waals surface area contributed by atoms with Crippen LogP contribution in [0.4, 0.5) is 0 Å². The maximum Gasteiger partial charge on any atom is 0.116 e. The quantitative estimate of drug-likeness (QED) is 0.808. The van der Waals surface area contributed by atoms with Gasteiger partial charge in [0.2, 0.25) is 0 Å². The van der Waals surface area contributed by atoms with Crippen LogP contribution in [0, 0.1) is 11.8 Å². The molecule has 0 aliphatic rings. The molecule has 0 saturated carbocycles. The summed E-state index contributed by atoms with van der Waals surface area (Å²) in [7, 11) is 0. The number of fused-ring (bicyclic) bond motifs is 1. The number of benzene rings is 2. The van der Waals surface area contributed by atoms with Gasteiger partial charge < -0.3 is 5.11 Å². The lowest BCUT2D eigenvalue weighted by Gasteiger charge is -2.25. The maximum absolute atomic E-state index is 9.49. The zero-order valence-electron chi connectivity index (χ0n) is 11.6. The Morgan fingerprint density at radius 1 is 0.778 bits per heavy atom. The molecular formula is C17H22O. The minimum Gasteiger partial charge on any atom is -0.508 e. The van der Waals surface area contributed by atoms with Crippen molar-refractivity contribution in [2.75, 3.05) is 0 Å². The molecular weight excluding hydrogens is 220 g/mol. The highest BCUT2D eigenvalue weighted by atomic mass is 16.3. The van der Waals surface area contributed by atoms with Gasteiger partial charge in [0.05, 0.1) is 0 Å². The van der Waals surface area contributed by atoms with Gasteiger partial charge in [0.1, 0.15) is 5.75 Å². The van der Waals surface area contributed by atoms with Gasteiger partial charge >= 0.3 is 0 Å². The van der Waals surface area contributed by atoms with Crippen LogP contribution in [-0.2, 0) is 0 Å². The van der Waals surface area contributed by atoms with Gasteiger partial charge in [0.25, 0.3) is 0 Å². The molecule has 2 aromatic carbocycles. The minimum absolute atomic E-state index is 0.333. The summed E-state index contributed by atoms with van der Waals surface area (Å²) in [6.45, 7) is 9.13. The normalized spacial score (nSPS) is 11.9. The van der Waals surface area contributed by atoms with E-state index in [9.17, 15) is 5.11 Å². The number of phenolic OH excluding ortho intramolecular Hbond substituents is 1. The van der Waals surface area contributed by atoms with Gasteiger partial charge in [-0.3, -0.25) is 0 Å². The first-order chi connectivity index (χ1) is 8.49. The number of hydrogen-bond acceptors (Lipinski definition) is 1. The second-order valence-electron chi connectivity index (χ2n) is 5.80. The molecule has 1 nitrogen and oxygen atoms in total. The summed E-state index contributed by atoms with van der Waals surface area (Å²) in [5, 5.41) is 11.8. The minimum atomic E-state index is 0.333. The fourth-order valence-corrected chi connectivity index (χ4v) is 3.00. The van der Waals surface area contributed by atoms with Gasteiger partial charge in [-0.05, 0) is 46.2 Å². The summed E-state index contributed by atoms with van der Waals surface area (Å²) in [5.74, 6) is 2.20. The van der Waals surface area contributed by atoms with Crippen molar-refractivity contribution >= 4 is 10.8 Å². The topological polar surface area (TPSA) is 20.2 Å². The van der Waals surface area contributed by atoms with Crippen molar-refractivity contribution in [1.29, 1.82) is 0 Å². The fraction of sp³-hybridized carbons (Fsp3) is 0.412. The Balaban J connectivity index is 2.49. The lowest BCUT2D eigenvalue weighted by molar-refractivity contribution is 0.388. The van der Waals surface area contributed by atoms with Crippen LogP contribution in [0.5, 0.6) is 5.75 Å². The Labute approximate surface area is 109 Å². The van der Waals surface area contributed by atoms with Crippen molar-refractivity contribution in [3.63, 3.8) is 0 Å². The predicted octanol–water partition coefficient (Wildman–Crippen LogP) is 4.94. The SMILES string of the molecule is CC(C)C(c1ccc2cc(O)ccc2c1)C(C)C. The molecule has 0 saturated heterocycles. The largest absolute Gasteiger partial charge is 0.508 e. The van der Waals surface area contributed by atoms with E-state index in [1.165, 1.54) is 10.9 Å². The molecule has 0 heterocycles. The maximum atomic E-state index is 9.49. The summed E-state index contributed by atoms with van der Waals surface area (Å²) in [6, 6.07) is 12.1. The van der Waals surface area contributed by atoms with Gasteiger partial charge in [0, 0.05) is 0 Å². The van der Waals surface area contributed by atoms with E-state index in [1.807, 2.05) is 12.1 Å². The molecule has 2 rings (SSSR count). The van der Waals surface area contributed by atoms with Crippen LogP contribution in [0.3, 0.4) is 0 Å². The zero-order valence-corrected chi connectivity index (χ0v) is 11.6. The lowest BCUT2D eigenvalue weighted by Crippen LogP contribution is -2.13. The monoisotopic (exact) mass is 242 g/mol. The molecule has 0 aliphatic carbocycles. The molecule has 0 bridgehead atoms. The molecule has 96 valence electrons. The summed E-state index contributed by atoms with van der Waals surface area (Å²) >= 11 is 0. The van der Waals surface area contributed by atoms with E-state index in [-0.39, 0.29) is 0 Å². The van der Waals surface area contributed by atoms with E-state index < -0.39 is 0 Å². The van der Waals surface area contributed by atoms with E-state index in [0.29, 0.717) is 23.5 Å². The van der Waals surface area contributed by atoms with Crippen LogP contribution in [0.25, 0.3) is 10.8 Å². The van der Waals surface area contributed by atoms with Crippen molar-refractivity contribution in [2.24, 2.45) is 11.8 Å². The van der Waals surface area contributed by atoms with Gasteiger partial charge in [-0.15, -0.1) is 0 Å². The summed E-state index contributed by atoms with van der Waals surface area (Å²) in [4.78, 5) is 0. The first-order valence-corrected chi connectivity index (χ1v) is 6.71.